The van der Waals surface area contributed by atoms with Crippen molar-refractivity contribution in [1.29, 1.82) is 0 Å². The molecule has 0 aromatic heterocycles. The maximum absolute atomic E-state index is 5.94. The summed E-state index contributed by atoms with van der Waals surface area (Å²) < 4.78 is 10.9. The Morgan fingerprint density at radius 3 is 2.53 bits per heavy atom. The lowest BCUT2D eigenvalue weighted by atomic mass is 9.94. The van der Waals surface area contributed by atoms with E-state index in [2.05, 4.69) is 11.8 Å². The van der Waals surface area contributed by atoms with Gasteiger partial charge in [-0.25, -0.2) is 0 Å². The van der Waals surface area contributed by atoms with Crippen LogP contribution < -0.4 is 15.2 Å². The number of hydrogen-bond acceptors (Lipinski definition) is 4. The van der Waals surface area contributed by atoms with Gasteiger partial charge in [-0.05, 0) is 19.1 Å². The minimum Gasteiger partial charge on any atom is -0.493 e. The van der Waals surface area contributed by atoms with E-state index in [1.807, 2.05) is 24.3 Å². The largest absolute Gasteiger partial charge is 0.493 e. The number of methoxy groups -OCH3 is 1. The van der Waals surface area contributed by atoms with E-state index < -0.39 is 0 Å². The molecule has 0 radical (unpaired) electrons. The predicted octanol–water partition coefficient (Wildman–Crippen LogP) is 1.11. The molecule has 4 nitrogen and oxygen atoms in total. The summed E-state index contributed by atoms with van der Waals surface area (Å²) >= 11 is 0. The Hall–Kier alpha value is -1.26. The highest BCUT2D eigenvalue weighted by atomic mass is 16.5. The summed E-state index contributed by atoms with van der Waals surface area (Å²) in [6.45, 7) is 5.54. The van der Waals surface area contributed by atoms with Crippen LogP contribution in [-0.2, 0) is 0 Å². The van der Waals surface area contributed by atoms with Gasteiger partial charge >= 0.3 is 0 Å². The molecule has 0 bridgehead atoms. The molecule has 2 rings (SSSR count). The Balaban J connectivity index is 1.75. The summed E-state index contributed by atoms with van der Waals surface area (Å²) in [6, 6.07) is 7.69. The summed E-state index contributed by atoms with van der Waals surface area (Å²) in [7, 11) is 1.65. The first kappa shape index (κ1) is 12.2. The van der Waals surface area contributed by atoms with E-state index in [-0.39, 0.29) is 5.54 Å². The topological polar surface area (TPSA) is 47.7 Å². The Bertz CT molecular complexity index is 371. The number of para-hydroxylation sites is 2. The third-order valence-electron chi connectivity index (χ3n) is 2.90. The standard InChI is InChI=1S/C13H20N2O2/c1-13(14)9-15(10-13)7-8-17-12-6-4-3-5-11(12)16-2/h3-6H,7-10,14H2,1-2H3. The lowest BCUT2D eigenvalue weighted by Crippen LogP contribution is -2.65. The van der Waals surface area contributed by atoms with Crippen LogP contribution in [0.2, 0.25) is 0 Å². The monoisotopic (exact) mass is 236 g/mol. The van der Waals surface area contributed by atoms with Gasteiger partial charge in [0.05, 0.1) is 7.11 Å². The summed E-state index contributed by atoms with van der Waals surface area (Å²) in [5.41, 5.74) is 5.93. The van der Waals surface area contributed by atoms with E-state index >= 15 is 0 Å². The number of hydrogen-bond donors (Lipinski definition) is 1. The van der Waals surface area contributed by atoms with Gasteiger partial charge in [0.2, 0.25) is 0 Å². The fraction of sp³-hybridized carbons (Fsp3) is 0.538. The molecule has 4 heteroatoms. The van der Waals surface area contributed by atoms with E-state index in [0.29, 0.717) is 6.61 Å². The van der Waals surface area contributed by atoms with E-state index in [4.69, 9.17) is 15.2 Å². The summed E-state index contributed by atoms with van der Waals surface area (Å²) in [5.74, 6) is 1.57. The van der Waals surface area contributed by atoms with Crippen LogP contribution in [0.15, 0.2) is 24.3 Å². The highest BCUT2D eigenvalue weighted by Gasteiger charge is 2.34. The average Bonchev–Trinajstić information content (AvgIpc) is 2.27. The van der Waals surface area contributed by atoms with Crippen LogP contribution in [0.25, 0.3) is 0 Å². The maximum atomic E-state index is 5.94. The molecule has 0 amide bonds. The van der Waals surface area contributed by atoms with Crippen LogP contribution in [0.1, 0.15) is 6.92 Å². The van der Waals surface area contributed by atoms with Gasteiger partial charge in [0.1, 0.15) is 6.61 Å². The SMILES string of the molecule is COc1ccccc1OCCN1CC(C)(N)C1. The van der Waals surface area contributed by atoms with Crippen molar-refractivity contribution in [2.45, 2.75) is 12.5 Å². The summed E-state index contributed by atoms with van der Waals surface area (Å²) in [6.07, 6.45) is 0. The smallest absolute Gasteiger partial charge is 0.161 e. The second-order valence-corrected chi connectivity index (χ2v) is 4.86. The number of benzene rings is 1. The van der Waals surface area contributed by atoms with Crippen LogP contribution in [0.5, 0.6) is 11.5 Å². The van der Waals surface area contributed by atoms with Gasteiger partial charge in [0.15, 0.2) is 11.5 Å². The first-order chi connectivity index (χ1) is 8.11. The number of likely N-dealkylation sites (tertiary alicyclic amines) is 1. The number of nitrogens with zero attached hydrogens (tertiary/aromatic N) is 1. The molecule has 0 aliphatic carbocycles. The lowest BCUT2D eigenvalue weighted by molar-refractivity contribution is 0.0684. The third-order valence-corrected chi connectivity index (χ3v) is 2.90. The van der Waals surface area contributed by atoms with Gasteiger partial charge in [0.25, 0.3) is 0 Å². The van der Waals surface area contributed by atoms with Crippen molar-refractivity contribution in [2.24, 2.45) is 5.73 Å². The molecular weight excluding hydrogens is 216 g/mol. The second kappa shape index (κ2) is 4.94. The molecular formula is C13H20N2O2. The molecule has 1 aromatic carbocycles. The van der Waals surface area contributed by atoms with Crippen molar-refractivity contribution in [3.63, 3.8) is 0 Å². The van der Waals surface area contributed by atoms with Crippen LogP contribution >= 0.6 is 0 Å². The predicted molar refractivity (Wildman–Crippen MR) is 67.5 cm³/mol. The lowest BCUT2D eigenvalue weighted by Gasteiger charge is -2.45. The normalized spacial score (nSPS) is 18.5. The van der Waals surface area contributed by atoms with E-state index in [1.165, 1.54) is 0 Å². The molecule has 2 N–H and O–H groups in total. The molecule has 1 fully saturated rings. The highest BCUT2D eigenvalue weighted by Crippen LogP contribution is 2.25. The molecule has 0 unspecified atom stereocenters. The van der Waals surface area contributed by atoms with Crippen LogP contribution in [0, 0.1) is 0 Å². The number of ether oxygens (including phenoxy) is 2. The van der Waals surface area contributed by atoms with Crippen molar-refractivity contribution >= 4 is 0 Å². The molecule has 0 spiro atoms. The first-order valence-corrected chi connectivity index (χ1v) is 5.88. The van der Waals surface area contributed by atoms with E-state index in [1.54, 1.807) is 7.11 Å². The van der Waals surface area contributed by atoms with Crippen molar-refractivity contribution in [1.82, 2.24) is 4.90 Å². The van der Waals surface area contributed by atoms with Gasteiger partial charge < -0.3 is 15.2 Å². The Morgan fingerprint density at radius 1 is 1.29 bits per heavy atom. The van der Waals surface area contributed by atoms with Gasteiger partial charge in [0, 0.05) is 25.2 Å². The van der Waals surface area contributed by atoms with Crippen molar-refractivity contribution in [2.75, 3.05) is 33.4 Å². The second-order valence-electron chi connectivity index (χ2n) is 4.86. The Kier molecular flexibility index (Phi) is 3.54. The summed E-state index contributed by atoms with van der Waals surface area (Å²) in [5, 5.41) is 0. The maximum Gasteiger partial charge on any atom is 0.161 e. The van der Waals surface area contributed by atoms with Gasteiger partial charge in [-0.2, -0.15) is 0 Å². The first-order valence-electron chi connectivity index (χ1n) is 5.88. The van der Waals surface area contributed by atoms with E-state index in [9.17, 15) is 0 Å². The van der Waals surface area contributed by atoms with Crippen molar-refractivity contribution in [3.8, 4) is 11.5 Å². The average molecular weight is 236 g/mol. The minimum atomic E-state index is -0.00949. The molecule has 1 aromatic rings. The zero-order chi connectivity index (χ0) is 12.3. The quantitative estimate of drug-likeness (QED) is 0.832. The highest BCUT2D eigenvalue weighted by molar-refractivity contribution is 5.39. The fourth-order valence-corrected chi connectivity index (χ4v) is 2.16. The summed E-state index contributed by atoms with van der Waals surface area (Å²) in [4.78, 5) is 2.29. The molecule has 1 saturated heterocycles. The van der Waals surface area contributed by atoms with Gasteiger partial charge in [-0.1, -0.05) is 12.1 Å². The van der Waals surface area contributed by atoms with Crippen LogP contribution in [0.3, 0.4) is 0 Å². The third kappa shape index (κ3) is 3.11. The van der Waals surface area contributed by atoms with Gasteiger partial charge in [-0.3, -0.25) is 4.90 Å². The van der Waals surface area contributed by atoms with E-state index in [0.717, 1.165) is 31.1 Å². The Morgan fingerprint density at radius 2 is 1.94 bits per heavy atom. The molecule has 0 saturated carbocycles. The number of rotatable bonds is 5. The van der Waals surface area contributed by atoms with Gasteiger partial charge in [-0.15, -0.1) is 0 Å². The molecule has 17 heavy (non-hydrogen) atoms. The molecule has 1 aliphatic rings. The molecule has 1 heterocycles. The minimum absolute atomic E-state index is 0.00949. The Labute approximate surface area is 102 Å². The molecule has 1 aliphatic heterocycles. The zero-order valence-corrected chi connectivity index (χ0v) is 10.5. The van der Waals surface area contributed by atoms with Crippen LogP contribution in [-0.4, -0.2) is 43.8 Å². The van der Waals surface area contributed by atoms with Crippen molar-refractivity contribution < 1.29 is 9.47 Å². The number of nitrogens with two attached hydrogens (primary N) is 1. The zero-order valence-electron chi connectivity index (χ0n) is 10.5. The molecule has 0 atom stereocenters. The fourth-order valence-electron chi connectivity index (χ4n) is 2.16. The van der Waals surface area contributed by atoms with Crippen LogP contribution in [0.4, 0.5) is 0 Å². The van der Waals surface area contributed by atoms with Crippen molar-refractivity contribution in [3.05, 3.63) is 24.3 Å². The molecule has 94 valence electrons.